The maximum Gasteiger partial charge on any atom is 0.229 e. The summed E-state index contributed by atoms with van der Waals surface area (Å²) in [6.45, 7) is 4.20. The maximum atomic E-state index is 12.4. The molecule has 0 atom stereocenters. The number of anilines is 2. The van der Waals surface area contributed by atoms with E-state index in [1.807, 2.05) is 24.3 Å². The van der Waals surface area contributed by atoms with Gasteiger partial charge in [-0.3, -0.25) is 4.79 Å². The summed E-state index contributed by atoms with van der Waals surface area (Å²) < 4.78 is 17.3. The predicted octanol–water partition coefficient (Wildman–Crippen LogP) is 2.63. The van der Waals surface area contributed by atoms with Crippen LogP contribution in [0.25, 0.3) is 0 Å². The molecular formula is C19H20BrN3O4. The van der Waals surface area contributed by atoms with Gasteiger partial charge in [0.1, 0.15) is 19.0 Å². The first-order chi connectivity index (χ1) is 13.2. The van der Waals surface area contributed by atoms with E-state index < -0.39 is 0 Å². The maximum absolute atomic E-state index is 12.4. The van der Waals surface area contributed by atoms with Gasteiger partial charge in [0.2, 0.25) is 5.91 Å². The number of hydrogen-bond acceptors (Lipinski definition) is 6. The van der Waals surface area contributed by atoms with E-state index in [2.05, 4.69) is 31.1 Å². The molecule has 0 aliphatic carbocycles. The number of aromatic nitrogens is 1. The van der Waals surface area contributed by atoms with Crippen molar-refractivity contribution in [2.45, 2.75) is 6.42 Å². The number of nitrogens with one attached hydrogen (secondary N) is 1. The van der Waals surface area contributed by atoms with Gasteiger partial charge >= 0.3 is 0 Å². The van der Waals surface area contributed by atoms with Crippen LogP contribution in [0.4, 0.5) is 11.5 Å². The standard InChI is InChI=1S/C19H20BrN3O4/c20-15-11-17-16(26-7-8-27-17)9-13(15)10-19(24)22-18-2-1-14(12-21-18)23-3-5-25-6-4-23/h1-2,9,11-12H,3-8,10H2,(H,21,22,24). The fourth-order valence-corrected chi connectivity index (χ4v) is 3.53. The molecule has 8 heteroatoms. The lowest BCUT2D eigenvalue weighted by atomic mass is 10.1. The number of hydrogen-bond donors (Lipinski definition) is 1. The molecule has 2 aromatic rings. The van der Waals surface area contributed by atoms with Crippen LogP contribution in [0.3, 0.4) is 0 Å². The Morgan fingerprint density at radius 3 is 2.56 bits per heavy atom. The van der Waals surface area contributed by atoms with Crippen molar-refractivity contribution in [2.75, 3.05) is 49.7 Å². The van der Waals surface area contributed by atoms with Crippen LogP contribution in [0.2, 0.25) is 0 Å². The van der Waals surface area contributed by atoms with E-state index in [4.69, 9.17) is 14.2 Å². The van der Waals surface area contributed by atoms with Gasteiger partial charge in [0.15, 0.2) is 11.5 Å². The summed E-state index contributed by atoms with van der Waals surface area (Å²) in [4.78, 5) is 19.0. The van der Waals surface area contributed by atoms with Gasteiger partial charge in [0.25, 0.3) is 0 Å². The van der Waals surface area contributed by atoms with Gasteiger partial charge in [0, 0.05) is 17.6 Å². The number of halogens is 1. The summed E-state index contributed by atoms with van der Waals surface area (Å²) in [6.07, 6.45) is 1.99. The van der Waals surface area contributed by atoms with Crippen molar-refractivity contribution in [2.24, 2.45) is 0 Å². The molecular weight excluding hydrogens is 414 g/mol. The molecule has 1 amide bonds. The number of amides is 1. The number of nitrogens with zero attached hydrogens (tertiary/aromatic N) is 2. The number of rotatable bonds is 4. The molecule has 0 saturated carbocycles. The molecule has 1 N–H and O–H groups in total. The summed E-state index contributed by atoms with van der Waals surface area (Å²) in [7, 11) is 0. The largest absolute Gasteiger partial charge is 0.486 e. The van der Waals surface area contributed by atoms with Gasteiger partial charge in [0.05, 0.1) is 31.5 Å². The Bertz CT molecular complexity index is 822. The Morgan fingerprint density at radius 1 is 1.11 bits per heavy atom. The minimum absolute atomic E-state index is 0.140. The first-order valence-electron chi connectivity index (χ1n) is 8.86. The van der Waals surface area contributed by atoms with Gasteiger partial charge in [-0.25, -0.2) is 4.98 Å². The third-order valence-electron chi connectivity index (χ3n) is 4.45. The number of benzene rings is 1. The number of fused-ring (bicyclic) bond motifs is 1. The van der Waals surface area contributed by atoms with E-state index in [0.29, 0.717) is 30.5 Å². The molecule has 1 fully saturated rings. The van der Waals surface area contributed by atoms with Crippen LogP contribution < -0.4 is 19.7 Å². The summed E-state index contributed by atoms with van der Waals surface area (Å²) >= 11 is 3.50. The molecule has 142 valence electrons. The highest BCUT2D eigenvalue weighted by Gasteiger charge is 2.17. The lowest BCUT2D eigenvalue weighted by Crippen LogP contribution is -2.36. The summed E-state index contributed by atoms with van der Waals surface area (Å²) in [5.41, 5.74) is 1.87. The highest BCUT2D eigenvalue weighted by atomic mass is 79.9. The van der Waals surface area contributed by atoms with Gasteiger partial charge in [-0.1, -0.05) is 15.9 Å². The lowest BCUT2D eigenvalue weighted by Gasteiger charge is -2.28. The molecule has 0 unspecified atom stereocenters. The zero-order valence-electron chi connectivity index (χ0n) is 14.7. The van der Waals surface area contributed by atoms with E-state index in [9.17, 15) is 4.79 Å². The summed E-state index contributed by atoms with van der Waals surface area (Å²) in [6, 6.07) is 7.47. The fraction of sp³-hybridized carbons (Fsp3) is 0.368. The number of carbonyl (C=O) groups is 1. The molecule has 1 saturated heterocycles. The topological polar surface area (TPSA) is 72.9 Å². The molecule has 4 rings (SSSR count). The molecule has 2 aliphatic heterocycles. The van der Waals surface area contributed by atoms with Crippen molar-refractivity contribution >= 4 is 33.3 Å². The average molecular weight is 434 g/mol. The molecule has 27 heavy (non-hydrogen) atoms. The Morgan fingerprint density at radius 2 is 1.85 bits per heavy atom. The summed E-state index contributed by atoms with van der Waals surface area (Å²) in [5, 5.41) is 2.84. The van der Waals surface area contributed by atoms with Gasteiger partial charge < -0.3 is 24.4 Å². The molecule has 1 aromatic heterocycles. The Balaban J connectivity index is 1.39. The predicted molar refractivity (Wildman–Crippen MR) is 105 cm³/mol. The Hall–Kier alpha value is -2.32. The third kappa shape index (κ3) is 4.33. The van der Waals surface area contributed by atoms with Crippen molar-refractivity contribution in [1.29, 1.82) is 0 Å². The van der Waals surface area contributed by atoms with Crippen LogP contribution >= 0.6 is 15.9 Å². The minimum atomic E-state index is -0.140. The van der Waals surface area contributed by atoms with E-state index >= 15 is 0 Å². The first kappa shape index (κ1) is 18.1. The minimum Gasteiger partial charge on any atom is -0.486 e. The third-order valence-corrected chi connectivity index (χ3v) is 5.19. The molecule has 0 bridgehead atoms. The van der Waals surface area contributed by atoms with Crippen LogP contribution in [0.1, 0.15) is 5.56 Å². The number of morpholine rings is 1. The van der Waals surface area contributed by atoms with Crippen LogP contribution in [-0.2, 0) is 16.0 Å². The van der Waals surface area contributed by atoms with E-state index in [-0.39, 0.29) is 12.3 Å². The van der Waals surface area contributed by atoms with Crippen LogP contribution in [-0.4, -0.2) is 50.4 Å². The zero-order valence-corrected chi connectivity index (χ0v) is 16.3. The van der Waals surface area contributed by atoms with E-state index in [0.717, 1.165) is 42.0 Å². The van der Waals surface area contributed by atoms with E-state index in [1.165, 1.54) is 0 Å². The van der Waals surface area contributed by atoms with Crippen molar-refractivity contribution in [3.8, 4) is 11.5 Å². The quantitative estimate of drug-likeness (QED) is 0.798. The summed E-state index contributed by atoms with van der Waals surface area (Å²) in [5.74, 6) is 1.75. The van der Waals surface area contributed by atoms with Crippen LogP contribution in [0, 0.1) is 0 Å². The van der Waals surface area contributed by atoms with Crippen LogP contribution in [0.15, 0.2) is 34.9 Å². The van der Waals surface area contributed by atoms with Crippen molar-refractivity contribution < 1.29 is 19.0 Å². The second-order valence-corrected chi connectivity index (χ2v) is 7.17. The molecule has 1 aromatic carbocycles. The van der Waals surface area contributed by atoms with Gasteiger partial charge in [-0.15, -0.1) is 0 Å². The fourth-order valence-electron chi connectivity index (χ4n) is 3.07. The van der Waals surface area contributed by atoms with Gasteiger partial charge in [-0.2, -0.15) is 0 Å². The van der Waals surface area contributed by atoms with Crippen molar-refractivity contribution in [3.05, 3.63) is 40.5 Å². The number of pyridine rings is 1. The second kappa shape index (κ2) is 8.14. The Labute approximate surface area is 165 Å². The second-order valence-electron chi connectivity index (χ2n) is 6.31. The SMILES string of the molecule is O=C(Cc1cc2c(cc1Br)OCCO2)Nc1ccc(N2CCOCC2)cn1. The van der Waals surface area contributed by atoms with Crippen molar-refractivity contribution in [3.63, 3.8) is 0 Å². The molecule has 3 heterocycles. The molecule has 0 radical (unpaired) electrons. The van der Waals surface area contributed by atoms with Crippen molar-refractivity contribution in [1.82, 2.24) is 4.98 Å². The Kier molecular flexibility index (Phi) is 5.45. The highest BCUT2D eigenvalue weighted by Crippen LogP contribution is 2.35. The molecule has 7 nitrogen and oxygen atoms in total. The smallest absolute Gasteiger partial charge is 0.229 e. The molecule has 2 aliphatic rings. The zero-order chi connectivity index (χ0) is 18.6. The average Bonchev–Trinajstić information content (AvgIpc) is 2.70. The first-order valence-corrected chi connectivity index (χ1v) is 9.65. The van der Waals surface area contributed by atoms with Gasteiger partial charge in [-0.05, 0) is 29.8 Å². The number of carbonyl (C=O) groups excluding carboxylic acids is 1. The van der Waals surface area contributed by atoms with Crippen LogP contribution in [0.5, 0.6) is 11.5 Å². The lowest BCUT2D eigenvalue weighted by molar-refractivity contribution is -0.115. The molecule has 0 spiro atoms. The highest BCUT2D eigenvalue weighted by molar-refractivity contribution is 9.10. The normalized spacial score (nSPS) is 16.1. The van der Waals surface area contributed by atoms with E-state index in [1.54, 1.807) is 6.20 Å². The monoisotopic (exact) mass is 433 g/mol. The number of ether oxygens (including phenoxy) is 3.